The third-order valence-electron chi connectivity index (χ3n) is 8.21. The molecule has 9 nitrogen and oxygen atoms in total. The van der Waals surface area contributed by atoms with Crippen molar-refractivity contribution in [3.63, 3.8) is 0 Å². The number of aryl methyl sites for hydroxylation is 1. The van der Waals surface area contributed by atoms with E-state index in [2.05, 4.69) is 38.8 Å². The SMILES string of the molecule is COc1nc(N2CC(C(C)=O)C2)cc(-n2ncc3cc(C)c(C4CCN(C5CCOC5)CC4)cc32)n1. The van der Waals surface area contributed by atoms with Crippen LogP contribution in [0.2, 0.25) is 0 Å². The van der Waals surface area contributed by atoms with Crippen molar-refractivity contribution < 1.29 is 14.3 Å². The lowest BCUT2D eigenvalue weighted by atomic mass is 9.86. The van der Waals surface area contributed by atoms with Crippen LogP contribution in [0, 0.1) is 12.8 Å². The monoisotopic (exact) mass is 490 g/mol. The number of anilines is 1. The summed E-state index contributed by atoms with van der Waals surface area (Å²) in [7, 11) is 1.57. The molecule has 3 aromatic rings. The van der Waals surface area contributed by atoms with E-state index in [1.165, 1.54) is 11.1 Å². The molecule has 6 rings (SSSR count). The average molecular weight is 491 g/mol. The van der Waals surface area contributed by atoms with Gasteiger partial charge in [-0.1, -0.05) is 0 Å². The van der Waals surface area contributed by atoms with E-state index in [9.17, 15) is 4.79 Å². The molecule has 3 aliphatic heterocycles. The topological polar surface area (TPSA) is 85.6 Å². The zero-order valence-electron chi connectivity index (χ0n) is 21.3. The number of aromatic nitrogens is 4. The molecule has 0 saturated carbocycles. The molecule has 0 bridgehead atoms. The maximum atomic E-state index is 11.7. The van der Waals surface area contributed by atoms with Crippen LogP contribution in [0.3, 0.4) is 0 Å². The minimum Gasteiger partial charge on any atom is -0.467 e. The zero-order chi connectivity index (χ0) is 24.8. The van der Waals surface area contributed by atoms with Crippen molar-refractivity contribution in [2.24, 2.45) is 5.92 Å². The molecule has 0 aliphatic carbocycles. The van der Waals surface area contributed by atoms with Gasteiger partial charge in [-0.15, -0.1) is 0 Å². The van der Waals surface area contributed by atoms with Crippen molar-refractivity contribution in [1.29, 1.82) is 0 Å². The number of piperidine rings is 1. The van der Waals surface area contributed by atoms with E-state index in [4.69, 9.17) is 14.6 Å². The number of carbonyl (C=O) groups is 1. The van der Waals surface area contributed by atoms with Gasteiger partial charge >= 0.3 is 6.01 Å². The Morgan fingerprint density at radius 2 is 1.86 bits per heavy atom. The molecule has 2 aromatic heterocycles. The fourth-order valence-corrected chi connectivity index (χ4v) is 5.90. The Kier molecular flexibility index (Phi) is 6.13. The number of fused-ring (bicyclic) bond motifs is 1. The smallest absolute Gasteiger partial charge is 0.320 e. The zero-order valence-corrected chi connectivity index (χ0v) is 21.3. The lowest BCUT2D eigenvalue weighted by molar-refractivity contribution is -0.121. The first-order chi connectivity index (χ1) is 17.5. The Labute approximate surface area is 211 Å². The molecule has 9 heteroatoms. The van der Waals surface area contributed by atoms with E-state index >= 15 is 0 Å². The second-order valence-electron chi connectivity index (χ2n) is 10.4. The van der Waals surface area contributed by atoms with Crippen LogP contribution in [0.25, 0.3) is 16.7 Å². The summed E-state index contributed by atoms with van der Waals surface area (Å²) in [6.07, 6.45) is 5.38. The Balaban J connectivity index is 1.28. The van der Waals surface area contributed by atoms with Crippen LogP contribution in [-0.2, 0) is 9.53 Å². The number of hydrogen-bond donors (Lipinski definition) is 0. The Morgan fingerprint density at radius 3 is 2.56 bits per heavy atom. The van der Waals surface area contributed by atoms with Gasteiger partial charge in [0.1, 0.15) is 11.6 Å². The fraction of sp³-hybridized carbons (Fsp3) is 0.556. The molecule has 1 aromatic carbocycles. The number of benzene rings is 1. The van der Waals surface area contributed by atoms with Crippen LogP contribution in [0.5, 0.6) is 6.01 Å². The minimum absolute atomic E-state index is 0.0677. The maximum Gasteiger partial charge on any atom is 0.320 e. The number of methoxy groups -OCH3 is 1. The van der Waals surface area contributed by atoms with Gasteiger partial charge in [0.05, 0.1) is 31.3 Å². The van der Waals surface area contributed by atoms with E-state index in [1.54, 1.807) is 14.0 Å². The van der Waals surface area contributed by atoms with Crippen LogP contribution >= 0.6 is 0 Å². The fourth-order valence-electron chi connectivity index (χ4n) is 5.90. The van der Waals surface area contributed by atoms with E-state index in [0.29, 0.717) is 36.9 Å². The van der Waals surface area contributed by atoms with Gasteiger partial charge in [-0.25, -0.2) is 4.68 Å². The molecular formula is C27H34N6O3. The molecule has 0 spiro atoms. The van der Waals surface area contributed by atoms with Gasteiger partial charge in [0, 0.05) is 37.2 Å². The summed E-state index contributed by atoms with van der Waals surface area (Å²) in [5, 5.41) is 5.79. The summed E-state index contributed by atoms with van der Waals surface area (Å²) in [5.74, 6) is 2.25. The number of ketones is 1. The van der Waals surface area contributed by atoms with Gasteiger partial charge in [0.15, 0.2) is 5.82 Å². The second kappa shape index (κ2) is 9.44. The minimum atomic E-state index is 0.0677. The first kappa shape index (κ1) is 23.4. The van der Waals surface area contributed by atoms with Gasteiger partial charge in [0.25, 0.3) is 0 Å². The van der Waals surface area contributed by atoms with Crippen LogP contribution in [-0.4, -0.2) is 83.0 Å². The molecule has 3 aliphatic rings. The number of carbonyl (C=O) groups excluding carboxylic acids is 1. The normalized spacial score (nSPS) is 21.8. The van der Waals surface area contributed by atoms with Crippen molar-refractivity contribution in [2.45, 2.75) is 45.1 Å². The number of Topliss-reactive ketones (excluding diaryl/α,β-unsaturated/α-hetero) is 1. The second-order valence-corrected chi connectivity index (χ2v) is 10.4. The van der Waals surface area contributed by atoms with Gasteiger partial charge in [-0.2, -0.15) is 15.1 Å². The highest BCUT2D eigenvalue weighted by atomic mass is 16.5. The predicted molar refractivity (Wildman–Crippen MR) is 137 cm³/mol. The van der Waals surface area contributed by atoms with Crippen LogP contribution in [0.15, 0.2) is 24.4 Å². The van der Waals surface area contributed by atoms with Crippen LogP contribution < -0.4 is 9.64 Å². The molecule has 5 heterocycles. The molecule has 3 fully saturated rings. The van der Waals surface area contributed by atoms with Crippen LogP contribution in [0.1, 0.15) is 43.2 Å². The summed E-state index contributed by atoms with van der Waals surface area (Å²) in [6.45, 7) is 9.23. The lowest BCUT2D eigenvalue weighted by Gasteiger charge is -2.38. The average Bonchev–Trinajstić information content (AvgIpc) is 3.52. The van der Waals surface area contributed by atoms with Crippen molar-refractivity contribution in [3.05, 3.63) is 35.5 Å². The first-order valence-electron chi connectivity index (χ1n) is 13.0. The van der Waals surface area contributed by atoms with E-state index < -0.39 is 0 Å². The molecule has 0 radical (unpaired) electrons. The molecule has 0 amide bonds. The summed E-state index contributed by atoms with van der Waals surface area (Å²) < 4.78 is 12.9. The van der Waals surface area contributed by atoms with Crippen molar-refractivity contribution in [2.75, 3.05) is 51.4 Å². The molecule has 1 unspecified atom stereocenters. The summed E-state index contributed by atoms with van der Waals surface area (Å²) in [4.78, 5) is 25.5. The number of nitrogens with zero attached hydrogens (tertiary/aromatic N) is 6. The van der Waals surface area contributed by atoms with Crippen molar-refractivity contribution in [1.82, 2.24) is 24.6 Å². The maximum absolute atomic E-state index is 11.7. The van der Waals surface area contributed by atoms with E-state index in [1.807, 2.05) is 16.9 Å². The molecular weight excluding hydrogens is 456 g/mol. The Hall–Kier alpha value is -3.04. The summed E-state index contributed by atoms with van der Waals surface area (Å²) >= 11 is 0. The van der Waals surface area contributed by atoms with Gasteiger partial charge < -0.3 is 14.4 Å². The highest BCUT2D eigenvalue weighted by Crippen LogP contribution is 2.35. The number of rotatable bonds is 6. The van der Waals surface area contributed by atoms with Crippen LogP contribution in [0.4, 0.5) is 5.82 Å². The summed E-state index contributed by atoms with van der Waals surface area (Å²) in [6, 6.07) is 7.38. The van der Waals surface area contributed by atoms with Gasteiger partial charge in [-0.3, -0.25) is 9.69 Å². The van der Waals surface area contributed by atoms with E-state index in [0.717, 1.165) is 62.3 Å². The third kappa shape index (κ3) is 4.24. The Morgan fingerprint density at radius 1 is 1.08 bits per heavy atom. The van der Waals surface area contributed by atoms with E-state index in [-0.39, 0.29) is 11.7 Å². The lowest BCUT2D eigenvalue weighted by Crippen LogP contribution is -2.50. The largest absolute Gasteiger partial charge is 0.467 e. The summed E-state index contributed by atoms with van der Waals surface area (Å²) in [5.41, 5.74) is 3.76. The number of hydrogen-bond acceptors (Lipinski definition) is 8. The van der Waals surface area contributed by atoms with Crippen molar-refractivity contribution >= 4 is 22.5 Å². The highest BCUT2D eigenvalue weighted by molar-refractivity contribution is 5.83. The number of ether oxygens (including phenoxy) is 2. The molecule has 1 atom stereocenters. The molecule has 36 heavy (non-hydrogen) atoms. The molecule has 0 N–H and O–H groups in total. The van der Waals surface area contributed by atoms with Gasteiger partial charge in [-0.05, 0) is 75.4 Å². The highest BCUT2D eigenvalue weighted by Gasteiger charge is 2.32. The Bertz CT molecular complexity index is 1270. The quantitative estimate of drug-likeness (QED) is 0.521. The van der Waals surface area contributed by atoms with Gasteiger partial charge in [0.2, 0.25) is 0 Å². The third-order valence-corrected chi connectivity index (χ3v) is 8.21. The molecule has 190 valence electrons. The predicted octanol–water partition coefficient (Wildman–Crippen LogP) is 3.13. The first-order valence-corrected chi connectivity index (χ1v) is 13.0. The van der Waals surface area contributed by atoms with Crippen molar-refractivity contribution in [3.8, 4) is 11.8 Å². The standard InChI is InChI=1S/C27H34N6O3/c1-17-10-20-13-28-33(26-12-25(29-27(30-26)35-3)32-14-21(15-32)18(2)34)24(20)11-23(17)19-4-7-31(8-5-19)22-6-9-36-16-22/h10-13,19,21-22H,4-9,14-16H2,1-3H3. The molecule has 3 saturated heterocycles. The number of likely N-dealkylation sites (tertiary alicyclic amines) is 1.